The second-order valence-corrected chi connectivity index (χ2v) is 9.77. The van der Waals surface area contributed by atoms with Crippen LogP contribution in [0.15, 0.2) is 41.3 Å². The average Bonchev–Trinajstić information content (AvgIpc) is 2.74. The molecule has 0 atom stereocenters. The van der Waals surface area contributed by atoms with Crippen LogP contribution in [0.25, 0.3) is 0 Å². The highest BCUT2D eigenvalue weighted by atomic mass is 35.5. The fourth-order valence-electron chi connectivity index (χ4n) is 3.36. The van der Waals surface area contributed by atoms with Crippen molar-refractivity contribution in [3.63, 3.8) is 0 Å². The molecule has 1 saturated heterocycles. The molecule has 0 radical (unpaired) electrons. The molecule has 2 aromatic carbocycles. The summed E-state index contributed by atoms with van der Waals surface area (Å²) in [5.74, 6) is 0.292. The minimum atomic E-state index is -3.60. The minimum Gasteiger partial charge on any atom is -0.492 e. The summed E-state index contributed by atoms with van der Waals surface area (Å²) in [6.07, 6.45) is 2.78. The minimum absolute atomic E-state index is 0.197. The van der Waals surface area contributed by atoms with Crippen molar-refractivity contribution in [1.82, 2.24) is 9.62 Å². The molecule has 1 amide bonds. The summed E-state index contributed by atoms with van der Waals surface area (Å²) >= 11 is 6.08. The molecule has 0 aliphatic carbocycles. The number of halogens is 1. The van der Waals surface area contributed by atoms with Crippen molar-refractivity contribution in [2.75, 3.05) is 26.2 Å². The number of piperidine rings is 1. The zero-order valence-electron chi connectivity index (χ0n) is 17.3. The Labute approximate surface area is 183 Å². The third kappa shape index (κ3) is 5.33. The predicted molar refractivity (Wildman–Crippen MR) is 118 cm³/mol. The monoisotopic (exact) mass is 450 g/mol. The zero-order valence-corrected chi connectivity index (χ0v) is 18.9. The number of hydrogen-bond acceptors (Lipinski definition) is 4. The number of sulfonamides is 1. The third-order valence-corrected chi connectivity index (χ3v) is 7.63. The molecule has 8 heteroatoms. The Morgan fingerprint density at radius 3 is 2.47 bits per heavy atom. The Balaban J connectivity index is 1.62. The largest absolute Gasteiger partial charge is 0.492 e. The van der Waals surface area contributed by atoms with Crippen LogP contribution < -0.4 is 10.1 Å². The van der Waals surface area contributed by atoms with Crippen molar-refractivity contribution >= 4 is 27.5 Å². The van der Waals surface area contributed by atoms with Gasteiger partial charge in [-0.05, 0) is 62.1 Å². The molecule has 1 aliphatic rings. The molecule has 30 heavy (non-hydrogen) atoms. The van der Waals surface area contributed by atoms with E-state index >= 15 is 0 Å². The van der Waals surface area contributed by atoms with Crippen molar-refractivity contribution in [3.05, 3.63) is 58.1 Å². The van der Waals surface area contributed by atoms with Gasteiger partial charge in [0, 0.05) is 23.7 Å². The number of amides is 1. The summed E-state index contributed by atoms with van der Waals surface area (Å²) in [5, 5.41) is 3.39. The van der Waals surface area contributed by atoms with Gasteiger partial charge in [0.2, 0.25) is 10.0 Å². The average molecular weight is 451 g/mol. The Morgan fingerprint density at radius 1 is 1.07 bits per heavy atom. The fourth-order valence-corrected chi connectivity index (χ4v) is 5.30. The maximum absolute atomic E-state index is 13.0. The van der Waals surface area contributed by atoms with Gasteiger partial charge in [0.25, 0.3) is 5.91 Å². The van der Waals surface area contributed by atoms with E-state index in [2.05, 4.69) is 5.32 Å². The number of nitrogens with one attached hydrogen (secondary N) is 1. The van der Waals surface area contributed by atoms with Gasteiger partial charge in [0.05, 0.1) is 11.4 Å². The summed E-state index contributed by atoms with van der Waals surface area (Å²) in [6, 6.07) is 10.2. The number of benzene rings is 2. The number of aryl methyl sites for hydroxylation is 2. The molecule has 1 heterocycles. The number of carbonyl (C=O) groups excluding carboxylic acids is 1. The molecular weight excluding hydrogens is 424 g/mol. The molecule has 0 unspecified atom stereocenters. The lowest BCUT2D eigenvalue weighted by Crippen LogP contribution is -2.36. The van der Waals surface area contributed by atoms with E-state index in [-0.39, 0.29) is 24.0 Å². The van der Waals surface area contributed by atoms with Crippen LogP contribution in [0.5, 0.6) is 5.75 Å². The van der Waals surface area contributed by atoms with Crippen LogP contribution in [0.4, 0.5) is 0 Å². The number of hydrogen-bond donors (Lipinski definition) is 1. The summed E-state index contributed by atoms with van der Waals surface area (Å²) in [5.41, 5.74) is 1.92. The van der Waals surface area contributed by atoms with Gasteiger partial charge >= 0.3 is 0 Å². The fraction of sp³-hybridized carbons (Fsp3) is 0.409. The Hall–Kier alpha value is -2.09. The maximum Gasteiger partial charge on any atom is 0.251 e. The molecule has 1 fully saturated rings. The van der Waals surface area contributed by atoms with Gasteiger partial charge < -0.3 is 10.1 Å². The van der Waals surface area contributed by atoms with Crippen LogP contribution >= 0.6 is 11.6 Å². The molecule has 0 bridgehead atoms. The van der Waals surface area contributed by atoms with Crippen LogP contribution in [0.2, 0.25) is 5.02 Å². The molecule has 0 aromatic heterocycles. The first-order valence-corrected chi connectivity index (χ1v) is 11.9. The Kier molecular flexibility index (Phi) is 7.39. The highest BCUT2D eigenvalue weighted by Gasteiger charge is 2.28. The van der Waals surface area contributed by atoms with Gasteiger partial charge in [0.15, 0.2) is 0 Å². The van der Waals surface area contributed by atoms with Gasteiger partial charge in [-0.1, -0.05) is 30.2 Å². The molecule has 2 aromatic rings. The topological polar surface area (TPSA) is 75.7 Å². The van der Waals surface area contributed by atoms with Crippen LogP contribution in [0.1, 0.15) is 40.7 Å². The summed E-state index contributed by atoms with van der Waals surface area (Å²) in [4.78, 5) is 12.7. The second-order valence-electron chi connectivity index (χ2n) is 7.46. The first-order chi connectivity index (χ1) is 14.3. The first-order valence-electron chi connectivity index (χ1n) is 10.1. The highest BCUT2D eigenvalue weighted by Crippen LogP contribution is 2.24. The van der Waals surface area contributed by atoms with Crippen molar-refractivity contribution in [3.8, 4) is 5.75 Å². The van der Waals surface area contributed by atoms with Gasteiger partial charge in [-0.2, -0.15) is 4.31 Å². The van der Waals surface area contributed by atoms with Gasteiger partial charge in [-0.3, -0.25) is 4.79 Å². The van der Waals surface area contributed by atoms with Crippen molar-refractivity contribution in [2.24, 2.45) is 0 Å². The zero-order chi connectivity index (χ0) is 21.7. The van der Waals surface area contributed by atoms with Gasteiger partial charge in [-0.15, -0.1) is 0 Å². The van der Waals surface area contributed by atoms with E-state index in [0.29, 0.717) is 35.0 Å². The maximum atomic E-state index is 13.0. The second kappa shape index (κ2) is 9.81. The molecular formula is C22H27ClN2O4S. The van der Waals surface area contributed by atoms with E-state index in [1.807, 2.05) is 19.1 Å². The van der Waals surface area contributed by atoms with E-state index in [4.69, 9.17) is 16.3 Å². The smallest absolute Gasteiger partial charge is 0.251 e. The lowest BCUT2D eigenvalue weighted by atomic mass is 10.1. The van der Waals surface area contributed by atoms with Crippen molar-refractivity contribution in [1.29, 1.82) is 0 Å². The van der Waals surface area contributed by atoms with Crippen LogP contribution in [-0.4, -0.2) is 44.9 Å². The van der Waals surface area contributed by atoms with Crippen LogP contribution in [-0.2, 0) is 10.0 Å². The van der Waals surface area contributed by atoms with Gasteiger partial charge in [-0.25, -0.2) is 8.42 Å². The van der Waals surface area contributed by atoms with Gasteiger partial charge in [0.1, 0.15) is 12.4 Å². The Morgan fingerprint density at radius 2 is 1.77 bits per heavy atom. The van der Waals surface area contributed by atoms with E-state index in [1.165, 1.54) is 10.4 Å². The Bertz CT molecular complexity index is 1020. The van der Waals surface area contributed by atoms with Crippen LogP contribution in [0.3, 0.4) is 0 Å². The van der Waals surface area contributed by atoms with E-state index in [9.17, 15) is 13.2 Å². The molecule has 1 N–H and O–H groups in total. The third-order valence-electron chi connectivity index (χ3n) is 5.18. The van der Waals surface area contributed by atoms with Crippen molar-refractivity contribution < 1.29 is 17.9 Å². The van der Waals surface area contributed by atoms with Crippen molar-refractivity contribution in [2.45, 2.75) is 38.0 Å². The first kappa shape index (κ1) is 22.6. The summed E-state index contributed by atoms with van der Waals surface area (Å²) < 4.78 is 33.1. The molecule has 0 spiro atoms. The predicted octanol–water partition coefficient (Wildman–Crippen LogP) is 3.94. The van der Waals surface area contributed by atoms with E-state index in [0.717, 1.165) is 24.8 Å². The summed E-state index contributed by atoms with van der Waals surface area (Å²) in [7, 11) is -3.60. The van der Waals surface area contributed by atoms with E-state index in [1.54, 1.807) is 25.1 Å². The number of ether oxygens (including phenoxy) is 1. The van der Waals surface area contributed by atoms with Crippen LogP contribution in [0, 0.1) is 13.8 Å². The lowest BCUT2D eigenvalue weighted by Gasteiger charge is -2.26. The number of rotatable bonds is 7. The van der Waals surface area contributed by atoms with E-state index < -0.39 is 10.0 Å². The number of nitrogens with zero attached hydrogens (tertiary/aromatic N) is 1. The quantitative estimate of drug-likeness (QED) is 0.648. The molecule has 6 nitrogen and oxygen atoms in total. The number of carbonyl (C=O) groups is 1. The SMILES string of the molecule is Cc1ccc(OCCNC(=O)c2ccc(C)c(S(=O)(=O)N3CCCCC3)c2)cc1Cl. The normalized spacial score (nSPS) is 15.0. The summed E-state index contributed by atoms with van der Waals surface area (Å²) in [6.45, 7) is 5.27. The molecule has 0 saturated carbocycles. The standard InChI is InChI=1S/C22H27ClN2O4S/c1-16-7-9-19(15-20(16)23)29-13-10-24-22(26)18-8-6-17(2)21(14-18)30(27,28)25-11-4-3-5-12-25/h6-9,14-15H,3-5,10-13H2,1-2H3,(H,24,26). The molecule has 3 rings (SSSR count). The lowest BCUT2D eigenvalue weighted by molar-refractivity contribution is 0.0946. The highest BCUT2D eigenvalue weighted by molar-refractivity contribution is 7.89. The molecule has 162 valence electrons. The molecule has 1 aliphatic heterocycles.